The molecular weight excluding hydrogens is 380 g/mol. The highest BCUT2D eigenvalue weighted by molar-refractivity contribution is 9.10. The van der Waals surface area contributed by atoms with E-state index in [2.05, 4.69) is 15.9 Å². The predicted molar refractivity (Wildman–Crippen MR) is 87.3 cm³/mol. The Hall–Kier alpha value is -0.650. The van der Waals surface area contributed by atoms with Crippen LogP contribution in [0.3, 0.4) is 0 Å². The first-order chi connectivity index (χ1) is 9.95. The van der Waals surface area contributed by atoms with Gasteiger partial charge in [-0.2, -0.15) is 0 Å². The van der Waals surface area contributed by atoms with E-state index in [0.717, 1.165) is 0 Å². The quantitative estimate of drug-likeness (QED) is 0.793. The molecule has 0 bridgehead atoms. The van der Waals surface area contributed by atoms with E-state index in [1.165, 1.54) is 12.1 Å². The van der Waals surface area contributed by atoms with E-state index in [-0.39, 0.29) is 17.1 Å². The second-order valence-corrected chi connectivity index (χ2v) is 6.26. The van der Waals surface area contributed by atoms with Crippen molar-refractivity contribution < 1.29 is 9.50 Å². The average molecular weight is 393 g/mol. The SMILES string of the molecule is NCC(c1c(F)cccc1Cl)C(O)c1ccc(Cl)c(Br)c1. The molecule has 0 aliphatic carbocycles. The Kier molecular flexibility index (Phi) is 5.63. The molecule has 2 atom stereocenters. The van der Waals surface area contributed by atoms with Gasteiger partial charge in [0.15, 0.2) is 0 Å². The number of benzene rings is 2. The molecule has 0 fully saturated rings. The summed E-state index contributed by atoms with van der Waals surface area (Å²) in [6.07, 6.45) is -0.988. The number of aliphatic hydroxyl groups excluding tert-OH is 1. The summed E-state index contributed by atoms with van der Waals surface area (Å²) in [4.78, 5) is 0. The molecule has 2 nitrogen and oxygen atoms in total. The molecule has 0 amide bonds. The van der Waals surface area contributed by atoms with Crippen LogP contribution in [0.1, 0.15) is 23.1 Å². The zero-order valence-corrected chi connectivity index (χ0v) is 14.0. The van der Waals surface area contributed by atoms with Crippen molar-refractivity contribution in [2.75, 3.05) is 6.54 Å². The molecule has 2 aromatic rings. The summed E-state index contributed by atoms with van der Waals surface area (Å²) in [6, 6.07) is 9.40. The van der Waals surface area contributed by atoms with Crippen LogP contribution in [0.5, 0.6) is 0 Å². The van der Waals surface area contributed by atoms with Crippen molar-refractivity contribution in [2.24, 2.45) is 5.73 Å². The van der Waals surface area contributed by atoms with E-state index < -0.39 is 17.8 Å². The normalized spacial score (nSPS) is 14.0. The maximum Gasteiger partial charge on any atom is 0.128 e. The van der Waals surface area contributed by atoms with Crippen molar-refractivity contribution in [1.29, 1.82) is 0 Å². The Balaban J connectivity index is 2.43. The summed E-state index contributed by atoms with van der Waals surface area (Å²) in [6.45, 7) is 0.0576. The van der Waals surface area contributed by atoms with Gasteiger partial charge >= 0.3 is 0 Å². The number of aliphatic hydroxyl groups is 1. The van der Waals surface area contributed by atoms with Crippen LogP contribution in [0, 0.1) is 5.82 Å². The van der Waals surface area contributed by atoms with E-state index in [0.29, 0.717) is 15.1 Å². The minimum atomic E-state index is -0.988. The lowest BCUT2D eigenvalue weighted by Crippen LogP contribution is -2.21. The van der Waals surface area contributed by atoms with Gasteiger partial charge in [-0.25, -0.2) is 4.39 Å². The van der Waals surface area contributed by atoms with Gasteiger partial charge in [0.05, 0.1) is 11.1 Å². The van der Waals surface area contributed by atoms with Gasteiger partial charge in [-0.1, -0.05) is 35.3 Å². The first-order valence-corrected chi connectivity index (χ1v) is 7.77. The smallest absolute Gasteiger partial charge is 0.128 e. The minimum Gasteiger partial charge on any atom is -0.388 e. The largest absolute Gasteiger partial charge is 0.388 e. The Morgan fingerprint density at radius 2 is 1.90 bits per heavy atom. The second-order valence-electron chi connectivity index (χ2n) is 4.60. The van der Waals surface area contributed by atoms with Crippen molar-refractivity contribution in [3.63, 3.8) is 0 Å². The lowest BCUT2D eigenvalue weighted by atomic mass is 9.89. The summed E-state index contributed by atoms with van der Waals surface area (Å²) < 4.78 is 14.7. The molecule has 0 spiro atoms. The van der Waals surface area contributed by atoms with Crippen LogP contribution in [0.4, 0.5) is 4.39 Å². The maximum absolute atomic E-state index is 14.0. The topological polar surface area (TPSA) is 46.2 Å². The van der Waals surface area contributed by atoms with Crippen LogP contribution in [-0.2, 0) is 0 Å². The maximum atomic E-state index is 14.0. The molecular formula is C15H13BrCl2FNO. The molecule has 2 unspecified atom stereocenters. The average Bonchev–Trinajstić information content (AvgIpc) is 2.45. The molecule has 2 aromatic carbocycles. The minimum absolute atomic E-state index is 0.0576. The molecule has 0 radical (unpaired) electrons. The fourth-order valence-electron chi connectivity index (χ4n) is 2.20. The number of hydrogen-bond donors (Lipinski definition) is 2. The molecule has 21 heavy (non-hydrogen) atoms. The third-order valence-electron chi connectivity index (χ3n) is 3.29. The Morgan fingerprint density at radius 3 is 2.48 bits per heavy atom. The van der Waals surface area contributed by atoms with Crippen molar-refractivity contribution >= 4 is 39.1 Å². The Bertz CT molecular complexity index is 633. The van der Waals surface area contributed by atoms with Gasteiger partial charge in [0.2, 0.25) is 0 Å². The fraction of sp³-hybridized carbons (Fsp3) is 0.200. The van der Waals surface area contributed by atoms with E-state index in [4.69, 9.17) is 28.9 Å². The first kappa shape index (κ1) is 16.7. The van der Waals surface area contributed by atoms with Gasteiger partial charge in [-0.05, 0) is 45.8 Å². The highest BCUT2D eigenvalue weighted by atomic mass is 79.9. The monoisotopic (exact) mass is 391 g/mol. The lowest BCUT2D eigenvalue weighted by Gasteiger charge is -2.24. The highest BCUT2D eigenvalue weighted by Crippen LogP contribution is 2.37. The highest BCUT2D eigenvalue weighted by Gasteiger charge is 2.26. The summed E-state index contributed by atoms with van der Waals surface area (Å²) >= 11 is 15.3. The lowest BCUT2D eigenvalue weighted by molar-refractivity contribution is 0.145. The summed E-state index contributed by atoms with van der Waals surface area (Å²) in [5.74, 6) is -1.13. The first-order valence-electron chi connectivity index (χ1n) is 6.22. The van der Waals surface area contributed by atoms with Crippen molar-refractivity contribution in [3.05, 3.63) is 67.9 Å². The summed E-state index contributed by atoms with van der Waals surface area (Å²) in [7, 11) is 0. The van der Waals surface area contributed by atoms with Crippen LogP contribution in [0.2, 0.25) is 10.0 Å². The van der Waals surface area contributed by atoms with Gasteiger partial charge in [0, 0.05) is 27.5 Å². The van der Waals surface area contributed by atoms with Gasteiger partial charge in [-0.15, -0.1) is 0 Å². The molecule has 0 heterocycles. The van der Waals surface area contributed by atoms with Crippen LogP contribution in [0.15, 0.2) is 40.9 Å². The second kappa shape index (κ2) is 7.07. The van der Waals surface area contributed by atoms with Gasteiger partial charge in [-0.3, -0.25) is 0 Å². The van der Waals surface area contributed by atoms with Gasteiger partial charge < -0.3 is 10.8 Å². The number of halogens is 4. The number of rotatable bonds is 4. The molecule has 0 aliphatic heterocycles. The van der Waals surface area contributed by atoms with Crippen molar-refractivity contribution in [1.82, 2.24) is 0 Å². The molecule has 6 heteroatoms. The fourth-order valence-corrected chi connectivity index (χ4v) is 3.02. The molecule has 0 aliphatic rings. The van der Waals surface area contributed by atoms with Crippen LogP contribution in [0.25, 0.3) is 0 Å². The third kappa shape index (κ3) is 3.58. The van der Waals surface area contributed by atoms with E-state index in [1.807, 2.05) is 0 Å². The summed E-state index contributed by atoms with van der Waals surface area (Å²) in [5.41, 5.74) is 6.53. The van der Waals surface area contributed by atoms with E-state index in [9.17, 15) is 9.50 Å². The van der Waals surface area contributed by atoms with E-state index in [1.54, 1.807) is 24.3 Å². The Morgan fingerprint density at radius 1 is 1.19 bits per heavy atom. The van der Waals surface area contributed by atoms with Crippen molar-refractivity contribution in [3.8, 4) is 0 Å². The summed E-state index contributed by atoms with van der Waals surface area (Å²) in [5, 5.41) is 11.3. The van der Waals surface area contributed by atoms with Crippen LogP contribution < -0.4 is 5.73 Å². The van der Waals surface area contributed by atoms with Gasteiger partial charge in [0.1, 0.15) is 5.82 Å². The molecule has 2 rings (SSSR count). The third-order valence-corrected chi connectivity index (χ3v) is 4.83. The zero-order chi connectivity index (χ0) is 15.6. The number of nitrogens with two attached hydrogens (primary N) is 1. The van der Waals surface area contributed by atoms with E-state index >= 15 is 0 Å². The van der Waals surface area contributed by atoms with Gasteiger partial charge in [0.25, 0.3) is 0 Å². The number of hydrogen-bond acceptors (Lipinski definition) is 2. The molecule has 3 N–H and O–H groups in total. The van der Waals surface area contributed by atoms with Crippen LogP contribution >= 0.6 is 39.1 Å². The predicted octanol–water partition coefficient (Wildman–Crippen LogP) is 4.67. The molecule has 0 saturated carbocycles. The standard InChI is InChI=1S/C15H13BrCl2FNO/c16-10-6-8(4-5-11(10)17)15(21)9(7-20)14-12(18)2-1-3-13(14)19/h1-6,9,15,21H,7,20H2. The molecule has 112 valence electrons. The Labute approximate surface area is 140 Å². The molecule has 0 saturated heterocycles. The molecule has 0 aromatic heterocycles. The zero-order valence-electron chi connectivity index (χ0n) is 10.9. The van der Waals surface area contributed by atoms with Crippen LogP contribution in [-0.4, -0.2) is 11.7 Å². The van der Waals surface area contributed by atoms with Crippen molar-refractivity contribution in [2.45, 2.75) is 12.0 Å².